The van der Waals surface area contributed by atoms with Crippen LogP contribution >= 0.6 is 11.6 Å². The van der Waals surface area contributed by atoms with E-state index in [0.29, 0.717) is 13.0 Å². The molecule has 3 aromatic carbocycles. The minimum absolute atomic E-state index is 0.0962. The van der Waals surface area contributed by atoms with Gasteiger partial charge in [0.2, 0.25) is 5.91 Å². The summed E-state index contributed by atoms with van der Waals surface area (Å²) in [6, 6.07) is 20.8. The number of para-hydroxylation sites is 1. The number of rotatable bonds is 10. The van der Waals surface area contributed by atoms with Crippen molar-refractivity contribution in [3.63, 3.8) is 0 Å². The first kappa shape index (κ1) is 24.6. The number of carbonyl (C=O) groups excluding carboxylic acids is 1. The number of benzene rings is 3. The number of nitrogens with zero attached hydrogens (tertiary/aromatic N) is 1. The van der Waals surface area contributed by atoms with Crippen LogP contribution in [0.2, 0.25) is 5.02 Å². The fourth-order valence-electron chi connectivity index (χ4n) is 3.33. The van der Waals surface area contributed by atoms with E-state index in [1.54, 1.807) is 43.5 Å². The summed E-state index contributed by atoms with van der Waals surface area (Å²) in [5.41, 5.74) is 2.29. The zero-order valence-corrected chi connectivity index (χ0v) is 20.2. The van der Waals surface area contributed by atoms with Crippen LogP contribution in [-0.4, -0.2) is 34.5 Å². The Morgan fingerprint density at radius 1 is 1.03 bits per heavy atom. The Morgan fingerprint density at radius 2 is 1.76 bits per heavy atom. The topological polar surface area (TPSA) is 75.7 Å². The first-order chi connectivity index (χ1) is 15.8. The van der Waals surface area contributed by atoms with Gasteiger partial charge in [-0.15, -0.1) is 0 Å². The van der Waals surface area contributed by atoms with Crippen molar-refractivity contribution >= 4 is 33.2 Å². The van der Waals surface area contributed by atoms with Gasteiger partial charge in [0, 0.05) is 6.54 Å². The maximum atomic E-state index is 13.4. The summed E-state index contributed by atoms with van der Waals surface area (Å²) in [7, 11) is -2.38. The highest BCUT2D eigenvalue weighted by molar-refractivity contribution is 7.92. The molecule has 0 unspecified atom stereocenters. The van der Waals surface area contributed by atoms with Crippen molar-refractivity contribution in [3.05, 3.63) is 88.9 Å². The van der Waals surface area contributed by atoms with Gasteiger partial charge in [-0.3, -0.25) is 9.10 Å². The van der Waals surface area contributed by atoms with E-state index >= 15 is 0 Å². The molecule has 3 rings (SSSR count). The van der Waals surface area contributed by atoms with E-state index in [1.165, 1.54) is 12.1 Å². The number of sulfonamides is 1. The Labute approximate surface area is 200 Å². The first-order valence-corrected chi connectivity index (χ1v) is 12.4. The van der Waals surface area contributed by atoms with Gasteiger partial charge in [0.05, 0.1) is 22.7 Å². The molecule has 0 bridgehead atoms. The zero-order chi connectivity index (χ0) is 23.8. The molecule has 1 amide bonds. The molecule has 174 valence electrons. The second kappa shape index (κ2) is 11.2. The molecule has 8 heteroatoms. The molecule has 0 saturated carbocycles. The first-order valence-electron chi connectivity index (χ1n) is 10.5. The number of hydrogen-bond acceptors (Lipinski definition) is 4. The van der Waals surface area contributed by atoms with Crippen LogP contribution in [0.15, 0.2) is 77.7 Å². The minimum Gasteiger partial charge on any atom is -0.497 e. The van der Waals surface area contributed by atoms with Crippen LogP contribution in [0, 0.1) is 6.92 Å². The molecule has 33 heavy (non-hydrogen) atoms. The predicted octanol–water partition coefficient (Wildman–Crippen LogP) is 4.60. The highest BCUT2D eigenvalue weighted by atomic mass is 35.5. The SMILES string of the molecule is COc1cccc(CCCNC(=O)CN(c2ccccc2Cl)S(=O)(=O)c2ccc(C)cc2)c1. The molecule has 3 aromatic rings. The lowest BCUT2D eigenvalue weighted by molar-refractivity contribution is -0.119. The molecule has 0 aliphatic rings. The van der Waals surface area contributed by atoms with Gasteiger partial charge in [-0.25, -0.2) is 8.42 Å². The summed E-state index contributed by atoms with van der Waals surface area (Å²) in [4.78, 5) is 12.8. The van der Waals surface area contributed by atoms with Gasteiger partial charge in [0.25, 0.3) is 10.0 Å². The molecular formula is C25H27ClN2O4S. The van der Waals surface area contributed by atoms with E-state index in [2.05, 4.69) is 5.32 Å². The monoisotopic (exact) mass is 486 g/mol. The van der Waals surface area contributed by atoms with E-state index in [-0.39, 0.29) is 22.2 Å². The van der Waals surface area contributed by atoms with Crippen LogP contribution in [-0.2, 0) is 21.2 Å². The van der Waals surface area contributed by atoms with Crippen LogP contribution in [0.1, 0.15) is 17.5 Å². The van der Waals surface area contributed by atoms with Gasteiger partial charge >= 0.3 is 0 Å². The molecule has 0 radical (unpaired) electrons. The Morgan fingerprint density at radius 3 is 2.45 bits per heavy atom. The van der Waals surface area contributed by atoms with Gasteiger partial charge in [-0.2, -0.15) is 0 Å². The average molecular weight is 487 g/mol. The Balaban J connectivity index is 1.70. The summed E-state index contributed by atoms with van der Waals surface area (Å²) < 4.78 is 33.0. The van der Waals surface area contributed by atoms with E-state index in [4.69, 9.17) is 16.3 Å². The fourth-order valence-corrected chi connectivity index (χ4v) is 5.05. The third-order valence-corrected chi connectivity index (χ3v) is 7.21. The van der Waals surface area contributed by atoms with Gasteiger partial charge < -0.3 is 10.1 Å². The van der Waals surface area contributed by atoms with Gasteiger partial charge in [0.1, 0.15) is 12.3 Å². The Bertz CT molecular complexity index is 1200. The number of carbonyl (C=O) groups is 1. The molecule has 6 nitrogen and oxygen atoms in total. The highest BCUT2D eigenvalue weighted by Gasteiger charge is 2.28. The molecule has 0 saturated heterocycles. The van der Waals surface area contributed by atoms with Gasteiger partial charge in [0.15, 0.2) is 0 Å². The average Bonchev–Trinajstić information content (AvgIpc) is 2.81. The second-order valence-corrected chi connectivity index (χ2v) is 9.85. The van der Waals surface area contributed by atoms with Crippen molar-refractivity contribution in [2.45, 2.75) is 24.7 Å². The summed E-state index contributed by atoms with van der Waals surface area (Å²) in [6.45, 7) is 1.91. The lowest BCUT2D eigenvalue weighted by Crippen LogP contribution is -2.41. The van der Waals surface area contributed by atoms with Crippen LogP contribution in [0.5, 0.6) is 5.75 Å². The van der Waals surface area contributed by atoms with Crippen molar-refractivity contribution in [1.29, 1.82) is 0 Å². The quantitative estimate of drug-likeness (QED) is 0.425. The van der Waals surface area contributed by atoms with E-state index in [1.807, 2.05) is 31.2 Å². The fraction of sp³-hybridized carbons (Fsp3) is 0.240. The molecule has 0 atom stereocenters. The molecule has 0 aromatic heterocycles. The highest BCUT2D eigenvalue weighted by Crippen LogP contribution is 2.30. The van der Waals surface area contributed by atoms with Gasteiger partial charge in [-0.05, 0) is 61.7 Å². The molecule has 0 fully saturated rings. The Kier molecular flexibility index (Phi) is 8.36. The lowest BCUT2D eigenvalue weighted by atomic mass is 10.1. The third kappa shape index (κ3) is 6.49. The van der Waals surface area contributed by atoms with E-state index in [0.717, 1.165) is 27.6 Å². The standard InChI is InChI=1S/C25H27ClN2O4S/c1-19-12-14-22(15-13-19)33(30,31)28(24-11-4-3-10-23(24)26)18-25(29)27-16-6-8-20-7-5-9-21(17-20)32-2/h3-5,7,9-15,17H,6,8,16,18H2,1-2H3,(H,27,29). The van der Waals surface area contributed by atoms with Crippen LogP contribution < -0.4 is 14.4 Å². The largest absolute Gasteiger partial charge is 0.497 e. The maximum Gasteiger partial charge on any atom is 0.264 e. The number of ether oxygens (including phenoxy) is 1. The number of hydrogen-bond donors (Lipinski definition) is 1. The summed E-state index contributed by atoms with van der Waals surface area (Å²) >= 11 is 6.29. The predicted molar refractivity (Wildman–Crippen MR) is 131 cm³/mol. The van der Waals surface area contributed by atoms with Crippen molar-refractivity contribution in [2.24, 2.45) is 0 Å². The van der Waals surface area contributed by atoms with Crippen molar-refractivity contribution in [2.75, 3.05) is 24.5 Å². The second-order valence-electron chi connectivity index (χ2n) is 7.58. The molecule has 0 spiro atoms. The third-order valence-electron chi connectivity index (χ3n) is 5.12. The number of methoxy groups -OCH3 is 1. The number of nitrogens with one attached hydrogen (secondary N) is 1. The zero-order valence-electron chi connectivity index (χ0n) is 18.6. The minimum atomic E-state index is -4.00. The molecular weight excluding hydrogens is 460 g/mol. The molecule has 0 heterocycles. The number of halogens is 1. The van der Waals surface area contributed by atoms with E-state index < -0.39 is 15.9 Å². The van der Waals surface area contributed by atoms with Gasteiger partial charge in [-0.1, -0.05) is 53.6 Å². The molecule has 0 aliphatic carbocycles. The van der Waals surface area contributed by atoms with Crippen molar-refractivity contribution in [1.82, 2.24) is 5.32 Å². The maximum absolute atomic E-state index is 13.4. The van der Waals surface area contributed by atoms with Crippen LogP contribution in [0.3, 0.4) is 0 Å². The Hall–Kier alpha value is -3.03. The lowest BCUT2D eigenvalue weighted by Gasteiger charge is -2.25. The molecule has 0 aliphatic heterocycles. The number of aryl methyl sites for hydroxylation is 2. The van der Waals surface area contributed by atoms with Crippen LogP contribution in [0.4, 0.5) is 5.69 Å². The smallest absolute Gasteiger partial charge is 0.264 e. The van der Waals surface area contributed by atoms with Crippen molar-refractivity contribution < 1.29 is 17.9 Å². The van der Waals surface area contributed by atoms with E-state index in [9.17, 15) is 13.2 Å². The summed E-state index contributed by atoms with van der Waals surface area (Å²) in [5, 5.41) is 3.06. The number of anilines is 1. The normalized spacial score (nSPS) is 11.1. The summed E-state index contributed by atoms with van der Waals surface area (Å²) in [6.07, 6.45) is 1.46. The van der Waals surface area contributed by atoms with Crippen LogP contribution in [0.25, 0.3) is 0 Å². The van der Waals surface area contributed by atoms with Crippen molar-refractivity contribution in [3.8, 4) is 5.75 Å². The summed E-state index contributed by atoms with van der Waals surface area (Å²) in [5.74, 6) is 0.379. The number of amides is 1. The molecule has 1 N–H and O–H groups in total.